The Morgan fingerprint density at radius 2 is 2.03 bits per heavy atom. The molecule has 1 saturated heterocycles. The zero-order chi connectivity index (χ0) is 23.8. The van der Waals surface area contributed by atoms with Gasteiger partial charge < -0.3 is 20.8 Å². The lowest BCUT2D eigenvalue weighted by Gasteiger charge is -2.41. The van der Waals surface area contributed by atoms with Crippen LogP contribution in [0.3, 0.4) is 0 Å². The molecule has 2 rings (SSSR count). The van der Waals surface area contributed by atoms with E-state index >= 15 is 0 Å². The van der Waals surface area contributed by atoms with Crippen LogP contribution in [0.25, 0.3) is 0 Å². The molecule has 0 spiro atoms. The monoisotopic (exact) mass is 474 g/mol. The molecule has 0 unspecified atom stereocenters. The number of thiazole rings is 1. The lowest BCUT2D eigenvalue weighted by atomic mass is 9.99. The Kier molecular flexibility index (Phi) is 9.85. The maximum Gasteiger partial charge on any atom is 0.363 e. The number of anilines is 1. The summed E-state index contributed by atoms with van der Waals surface area (Å²) in [7, 11) is -3.62. The second kappa shape index (κ2) is 11.6. The third kappa shape index (κ3) is 6.62. The number of amides is 2. The predicted molar refractivity (Wildman–Crippen MR) is 116 cm³/mol. The number of carbonyl (C=O) groups excluding carboxylic acids is 2. The van der Waals surface area contributed by atoms with Crippen LogP contribution in [0.2, 0.25) is 0 Å². The van der Waals surface area contributed by atoms with Crippen molar-refractivity contribution in [3.05, 3.63) is 11.1 Å². The molecule has 4 N–H and O–H groups in total. The first-order valence-electron chi connectivity index (χ1n) is 9.18. The summed E-state index contributed by atoms with van der Waals surface area (Å²) in [5, 5.41) is 7.36. The number of terminal acetylenes is 1. The van der Waals surface area contributed by atoms with Gasteiger partial charge >= 0.3 is 10.3 Å². The largest absolute Gasteiger partial charge is 0.398 e. The normalized spacial score (nSPS) is 18.5. The predicted octanol–water partition coefficient (Wildman–Crippen LogP) is -0.444. The Hall–Kier alpha value is -2.73. The molecule has 172 valence electrons. The van der Waals surface area contributed by atoms with Crippen molar-refractivity contribution < 1.29 is 27.4 Å². The van der Waals surface area contributed by atoms with Gasteiger partial charge in [-0.05, 0) is 19.6 Å². The number of rotatable bonds is 8. The second-order valence-electron chi connectivity index (χ2n) is 5.99. The van der Waals surface area contributed by atoms with Crippen molar-refractivity contribution in [1.82, 2.24) is 19.5 Å². The van der Waals surface area contributed by atoms with E-state index in [1.807, 2.05) is 5.92 Å². The van der Waals surface area contributed by atoms with Gasteiger partial charge in [0.25, 0.3) is 11.8 Å². The van der Waals surface area contributed by atoms with Crippen molar-refractivity contribution in [1.29, 1.82) is 0 Å². The number of nitrogens with zero attached hydrogens (tertiary/aromatic N) is 4. The Labute approximate surface area is 185 Å². The number of nitrogens with two attached hydrogens (primary N) is 1. The van der Waals surface area contributed by atoms with Crippen LogP contribution in [-0.2, 0) is 24.7 Å². The minimum atomic E-state index is -4.82. The zero-order valence-corrected chi connectivity index (χ0v) is 19.2. The second-order valence-corrected chi connectivity index (χ2v) is 8.17. The Bertz CT molecular complexity index is 945. The molecule has 2 atom stereocenters. The summed E-state index contributed by atoms with van der Waals surface area (Å²) >= 11 is 1.05. The van der Waals surface area contributed by atoms with Crippen molar-refractivity contribution in [2.24, 2.45) is 5.16 Å². The lowest BCUT2D eigenvalue weighted by molar-refractivity contribution is -0.142. The Morgan fingerprint density at radius 1 is 1.45 bits per heavy atom. The molecule has 2 heterocycles. The van der Waals surface area contributed by atoms with Gasteiger partial charge in [-0.2, -0.15) is 12.7 Å². The van der Waals surface area contributed by atoms with E-state index in [1.165, 1.54) is 32.1 Å². The quantitative estimate of drug-likeness (QED) is 0.149. The standard InChI is InChI=1S/C11H11N5O6S2.C6H15N/c1-3-6-8(10(18)16(6)24(19,20)21)14-9(17)7(15-22-2)5-4-23-11(12)13-5;1-4-7(5-2)6-3/h1,4,6,8H,2H3,(H2,12,13)(H,14,17)(H,19,20,21);4-6H2,1-3H3/b15-7-;/t6-,8+;/m1./s1. The molecule has 0 aromatic carbocycles. The molecular formula is C17H26N6O6S2. The first-order valence-corrected chi connectivity index (χ1v) is 11.5. The molecule has 0 radical (unpaired) electrons. The molecule has 0 aliphatic carbocycles. The van der Waals surface area contributed by atoms with Crippen molar-refractivity contribution in [3.8, 4) is 12.3 Å². The van der Waals surface area contributed by atoms with Crippen LogP contribution in [0, 0.1) is 12.3 Å². The first-order chi connectivity index (χ1) is 14.5. The van der Waals surface area contributed by atoms with Gasteiger partial charge in [-0.1, -0.05) is 31.8 Å². The molecule has 1 aromatic rings. The minimum Gasteiger partial charge on any atom is -0.398 e. The van der Waals surface area contributed by atoms with Crippen LogP contribution in [-0.4, -0.2) is 83.5 Å². The molecule has 1 aliphatic heterocycles. The average molecular weight is 475 g/mol. The molecule has 12 nitrogen and oxygen atoms in total. The van der Waals surface area contributed by atoms with Gasteiger partial charge in [0, 0.05) is 5.38 Å². The van der Waals surface area contributed by atoms with Crippen LogP contribution in [0.5, 0.6) is 0 Å². The summed E-state index contributed by atoms with van der Waals surface area (Å²) < 4.78 is 31.2. The summed E-state index contributed by atoms with van der Waals surface area (Å²) in [6, 6.07) is -2.71. The van der Waals surface area contributed by atoms with E-state index < -0.39 is 34.2 Å². The molecule has 0 bridgehead atoms. The van der Waals surface area contributed by atoms with Crippen LogP contribution in [0.4, 0.5) is 5.13 Å². The Balaban J connectivity index is 0.000000592. The van der Waals surface area contributed by atoms with Gasteiger partial charge in [0.1, 0.15) is 24.9 Å². The smallest absolute Gasteiger partial charge is 0.363 e. The molecule has 1 fully saturated rings. The summed E-state index contributed by atoms with van der Waals surface area (Å²) in [5.41, 5.74) is 5.31. The highest BCUT2D eigenvalue weighted by molar-refractivity contribution is 7.84. The third-order valence-electron chi connectivity index (χ3n) is 4.26. The molecular weight excluding hydrogens is 448 g/mol. The molecule has 1 aliphatic rings. The van der Waals surface area contributed by atoms with E-state index in [9.17, 15) is 18.0 Å². The first kappa shape index (κ1) is 26.3. The van der Waals surface area contributed by atoms with Gasteiger partial charge in [0.2, 0.25) is 0 Å². The maximum absolute atomic E-state index is 12.3. The van der Waals surface area contributed by atoms with E-state index in [0.29, 0.717) is 0 Å². The van der Waals surface area contributed by atoms with Crippen LogP contribution in [0.1, 0.15) is 26.5 Å². The van der Waals surface area contributed by atoms with Crippen molar-refractivity contribution in [3.63, 3.8) is 0 Å². The molecule has 2 amide bonds. The zero-order valence-electron chi connectivity index (χ0n) is 17.6. The highest BCUT2D eigenvalue weighted by atomic mass is 32.2. The summed E-state index contributed by atoms with van der Waals surface area (Å²) in [4.78, 5) is 34.9. The average Bonchev–Trinajstić information content (AvgIpc) is 3.14. The fourth-order valence-electron chi connectivity index (χ4n) is 2.60. The van der Waals surface area contributed by atoms with E-state index in [0.717, 1.165) is 11.3 Å². The van der Waals surface area contributed by atoms with Gasteiger partial charge in [-0.3, -0.25) is 14.1 Å². The van der Waals surface area contributed by atoms with E-state index in [2.05, 4.69) is 46.0 Å². The third-order valence-corrected chi connectivity index (χ3v) is 5.84. The van der Waals surface area contributed by atoms with Crippen LogP contribution < -0.4 is 11.1 Å². The number of nitrogens with one attached hydrogen (secondary N) is 1. The molecule has 31 heavy (non-hydrogen) atoms. The van der Waals surface area contributed by atoms with Crippen molar-refractivity contribution >= 4 is 44.3 Å². The highest BCUT2D eigenvalue weighted by Gasteiger charge is 2.53. The SMILES string of the molecule is C#C[C@@H]1[C@H](NC(=O)/C(=N\OC)c2csc(N)n2)C(=O)N1S(=O)(=O)O.CCN(CC)CC. The summed E-state index contributed by atoms with van der Waals surface area (Å²) in [6.45, 7) is 10.1. The molecule has 14 heteroatoms. The highest BCUT2D eigenvalue weighted by Crippen LogP contribution is 2.23. The number of hydrogen-bond donors (Lipinski definition) is 3. The summed E-state index contributed by atoms with van der Waals surface area (Å²) in [6.07, 6.45) is 5.15. The summed E-state index contributed by atoms with van der Waals surface area (Å²) in [5.74, 6) is 0.0461. The number of oxime groups is 1. The Morgan fingerprint density at radius 3 is 2.39 bits per heavy atom. The van der Waals surface area contributed by atoms with Gasteiger partial charge in [0.05, 0.1) is 0 Å². The fourth-order valence-corrected chi connectivity index (χ4v) is 3.96. The number of hydrogen-bond acceptors (Lipinski definition) is 10. The van der Waals surface area contributed by atoms with Gasteiger partial charge in [-0.15, -0.1) is 17.8 Å². The van der Waals surface area contributed by atoms with Crippen LogP contribution in [0.15, 0.2) is 10.5 Å². The van der Waals surface area contributed by atoms with Crippen molar-refractivity contribution in [2.75, 3.05) is 32.5 Å². The van der Waals surface area contributed by atoms with E-state index in [1.54, 1.807) is 0 Å². The number of nitrogen functional groups attached to an aromatic ring is 1. The van der Waals surface area contributed by atoms with E-state index in [-0.39, 0.29) is 20.8 Å². The molecule has 1 aromatic heterocycles. The number of aromatic nitrogens is 1. The molecule has 0 saturated carbocycles. The topological polar surface area (TPSA) is 168 Å². The van der Waals surface area contributed by atoms with Gasteiger partial charge in [-0.25, -0.2) is 4.98 Å². The van der Waals surface area contributed by atoms with E-state index in [4.69, 9.17) is 16.7 Å². The fraction of sp³-hybridized carbons (Fsp3) is 0.529. The minimum absolute atomic E-state index is 0.0892. The number of β-lactam (4-membered cyclic amide) rings is 1. The van der Waals surface area contributed by atoms with Crippen LogP contribution >= 0.6 is 11.3 Å². The maximum atomic E-state index is 12.3. The lowest BCUT2D eigenvalue weighted by Crippen LogP contribution is -2.71. The number of carbonyl (C=O) groups is 2. The van der Waals surface area contributed by atoms with Crippen molar-refractivity contribution in [2.45, 2.75) is 32.9 Å². The van der Waals surface area contributed by atoms with Gasteiger partial charge in [0.15, 0.2) is 10.8 Å².